The Morgan fingerprint density at radius 3 is 2.48 bits per heavy atom. The van der Waals surface area contributed by atoms with E-state index in [1.807, 2.05) is 85.9 Å². The zero-order valence-corrected chi connectivity index (χ0v) is 17.2. The number of ether oxygens (including phenoxy) is 1. The number of benzene rings is 3. The fourth-order valence-corrected chi connectivity index (χ4v) is 6.10. The van der Waals surface area contributed by atoms with E-state index in [0.29, 0.717) is 17.9 Å². The number of Topliss-reactive ketones (excluding diaryl/α,β-unsaturated/α-hetero) is 1. The number of nitrogens with one attached hydrogen (secondary N) is 1. The van der Waals surface area contributed by atoms with Crippen LogP contribution in [0.4, 0.5) is 5.69 Å². The first-order valence-corrected chi connectivity index (χ1v) is 10.5. The van der Waals surface area contributed by atoms with Crippen molar-refractivity contribution in [2.75, 3.05) is 25.5 Å². The van der Waals surface area contributed by atoms with Crippen LogP contribution in [0.15, 0.2) is 78.9 Å². The Kier molecular flexibility index (Phi) is 3.72. The van der Waals surface area contributed by atoms with Crippen molar-refractivity contribution in [2.45, 2.75) is 11.5 Å². The summed E-state index contributed by atoms with van der Waals surface area (Å²) in [4.78, 5) is 30.3. The van der Waals surface area contributed by atoms with Gasteiger partial charge in [0.05, 0.1) is 5.56 Å². The number of nitrogens with zero attached hydrogens (tertiary/aromatic N) is 1. The predicted molar refractivity (Wildman–Crippen MR) is 117 cm³/mol. The molecular weight excluding hydrogens is 388 g/mol. The highest BCUT2D eigenvalue weighted by Crippen LogP contribution is 2.64. The number of ketones is 1. The highest BCUT2D eigenvalue weighted by molar-refractivity contribution is 6.15. The Bertz CT molecular complexity index is 1220. The van der Waals surface area contributed by atoms with Crippen LogP contribution in [0.1, 0.15) is 27.4 Å². The maximum Gasteiger partial charge on any atom is 0.250 e. The molecule has 2 spiro atoms. The van der Waals surface area contributed by atoms with Gasteiger partial charge in [0.25, 0.3) is 5.91 Å². The summed E-state index contributed by atoms with van der Waals surface area (Å²) in [6.45, 7) is 0.720. The summed E-state index contributed by atoms with van der Waals surface area (Å²) in [7, 11) is 1.94. The minimum atomic E-state index is -1.14. The van der Waals surface area contributed by atoms with Crippen molar-refractivity contribution in [1.82, 2.24) is 4.90 Å². The summed E-state index contributed by atoms with van der Waals surface area (Å²) >= 11 is 0. The Balaban J connectivity index is 1.68. The van der Waals surface area contributed by atoms with E-state index in [-0.39, 0.29) is 24.2 Å². The molecule has 3 atom stereocenters. The lowest BCUT2D eigenvalue weighted by Gasteiger charge is -2.47. The smallest absolute Gasteiger partial charge is 0.250 e. The van der Waals surface area contributed by atoms with Gasteiger partial charge in [-0.15, -0.1) is 0 Å². The van der Waals surface area contributed by atoms with E-state index in [1.165, 1.54) is 0 Å². The van der Waals surface area contributed by atoms with Crippen molar-refractivity contribution in [2.24, 2.45) is 5.41 Å². The molecule has 6 rings (SSSR count). The maximum absolute atomic E-state index is 14.4. The minimum absolute atomic E-state index is 0.0283. The SMILES string of the molecule is CN1C[C@@H](c2ccccc2)[C@]2(COc3ccccc3C2=O)[C@]12C(=O)Nc1ccccc12. The average Bonchev–Trinajstić information content (AvgIpc) is 3.25. The van der Waals surface area contributed by atoms with Crippen LogP contribution in [-0.2, 0) is 10.3 Å². The summed E-state index contributed by atoms with van der Waals surface area (Å²) in [5, 5.41) is 3.06. The first kappa shape index (κ1) is 18.3. The van der Waals surface area contributed by atoms with E-state index in [4.69, 9.17) is 4.74 Å². The molecule has 0 aliphatic carbocycles. The van der Waals surface area contributed by atoms with Crippen molar-refractivity contribution in [1.29, 1.82) is 0 Å². The monoisotopic (exact) mass is 410 g/mol. The van der Waals surface area contributed by atoms with Gasteiger partial charge in [-0.1, -0.05) is 60.7 Å². The lowest BCUT2D eigenvalue weighted by atomic mass is 9.57. The molecule has 1 fully saturated rings. The Morgan fingerprint density at radius 1 is 0.935 bits per heavy atom. The average molecular weight is 410 g/mol. The summed E-state index contributed by atoms with van der Waals surface area (Å²) < 4.78 is 6.25. The number of carbonyl (C=O) groups is 2. The fourth-order valence-electron chi connectivity index (χ4n) is 6.10. The van der Waals surface area contributed by atoms with Crippen molar-refractivity contribution in [3.63, 3.8) is 0 Å². The molecule has 3 aromatic rings. The van der Waals surface area contributed by atoms with Gasteiger partial charge in [-0.05, 0) is 30.8 Å². The molecule has 1 amide bonds. The molecule has 0 aromatic heterocycles. The second kappa shape index (κ2) is 6.28. The number of likely N-dealkylation sites (N-methyl/N-ethyl adjacent to an activating group) is 1. The number of hydrogen-bond donors (Lipinski definition) is 1. The molecule has 3 heterocycles. The van der Waals surface area contributed by atoms with Gasteiger partial charge in [-0.2, -0.15) is 0 Å². The number of likely N-dealkylation sites (tertiary alicyclic amines) is 1. The number of para-hydroxylation sites is 2. The van der Waals surface area contributed by atoms with Gasteiger partial charge in [-0.3, -0.25) is 14.5 Å². The van der Waals surface area contributed by atoms with E-state index < -0.39 is 11.0 Å². The molecule has 3 aliphatic rings. The van der Waals surface area contributed by atoms with Crippen molar-refractivity contribution >= 4 is 17.4 Å². The second-order valence-electron chi connectivity index (χ2n) is 8.64. The Labute approximate surface area is 180 Å². The zero-order chi connectivity index (χ0) is 21.2. The van der Waals surface area contributed by atoms with Crippen LogP contribution in [0.25, 0.3) is 0 Å². The Hall–Kier alpha value is -3.44. The molecule has 0 unspecified atom stereocenters. The molecule has 0 bridgehead atoms. The predicted octanol–water partition coefficient (Wildman–Crippen LogP) is 3.82. The molecule has 1 saturated heterocycles. The third-order valence-corrected chi connectivity index (χ3v) is 7.36. The first-order valence-electron chi connectivity index (χ1n) is 10.5. The highest BCUT2D eigenvalue weighted by atomic mass is 16.5. The van der Waals surface area contributed by atoms with Crippen LogP contribution in [0.2, 0.25) is 0 Å². The third-order valence-electron chi connectivity index (χ3n) is 7.36. The second-order valence-corrected chi connectivity index (χ2v) is 8.64. The van der Waals surface area contributed by atoms with Gasteiger partial charge >= 0.3 is 0 Å². The summed E-state index contributed by atoms with van der Waals surface area (Å²) in [6.07, 6.45) is 0. The van der Waals surface area contributed by atoms with Gasteiger partial charge in [0.15, 0.2) is 5.78 Å². The van der Waals surface area contributed by atoms with Crippen molar-refractivity contribution in [3.8, 4) is 5.75 Å². The number of amides is 1. The van der Waals surface area contributed by atoms with Crippen LogP contribution < -0.4 is 10.1 Å². The van der Waals surface area contributed by atoms with Gasteiger partial charge in [0.2, 0.25) is 0 Å². The van der Waals surface area contributed by atoms with E-state index in [1.54, 1.807) is 0 Å². The molecule has 31 heavy (non-hydrogen) atoms. The summed E-state index contributed by atoms with van der Waals surface area (Å²) in [5.74, 6) is 0.197. The van der Waals surface area contributed by atoms with Crippen LogP contribution in [0.5, 0.6) is 5.75 Å². The largest absolute Gasteiger partial charge is 0.492 e. The van der Waals surface area contributed by atoms with Crippen LogP contribution in [0, 0.1) is 5.41 Å². The van der Waals surface area contributed by atoms with Gasteiger partial charge in [0.1, 0.15) is 23.3 Å². The van der Waals surface area contributed by atoms with Crippen LogP contribution in [-0.4, -0.2) is 36.8 Å². The molecule has 1 N–H and O–H groups in total. The fraction of sp³-hybridized carbons (Fsp3) is 0.231. The van der Waals surface area contributed by atoms with Gasteiger partial charge in [0, 0.05) is 23.7 Å². The van der Waals surface area contributed by atoms with Crippen molar-refractivity contribution in [3.05, 3.63) is 95.6 Å². The third kappa shape index (κ3) is 2.09. The zero-order valence-electron chi connectivity index (χ0n) is 17.2. The van der Waals surface area contributed by atoms with Gasteiger partial charge in [-0.25, -0.2) is 0 Å². The standard InChI is InChI=1S/C26H22N2O3/c1-28-15-20(17-9-3-2-4-10-17)25(16-31-22-14-8-5-11-18(22)23(25)29)26(28)19-12-6-7-13-21(19)27-24(26)30/h2-14,20H,15-16H2,1H3,(H,27,30)/t20-,25-,26-/m0/s1. The summed E-state index contributed by atoms with van der Waals surface area (Å²) in [5.41, 5.74) is 0.959. The van der Waals surface area contributed by atoms with Crippen molar-refractivity contribution < 1.29 is 14.3 Å². The Morgan fingerprint density at radius 2 is 1.65 bits per heavy atom. The lowest BCUT2D eigenvalue weighted by Crippen LogP contribution is -2.62. The van der Waals surface area contributed by atoms with Gasteiger partial charge < -0.3 is 10.1 Å². The quantitative estimate of drug-likeness (QED) is 0.663. The number of fused-ring (bicyclic) bond motifs is 4. The molecule has 3 aromatic carbocycles. The first-order chi connectivity index (χ1) is 15.1. The highest BCUT2D eigenvalue weighted by Gasteiger charge is 2.75. The van der Waals surface area contributed by atoms with E-state index in [9.17, 15) is 9.59 Å². The van der Waals surface area contributed by atoms with Crippen LogP contribution >= 0.6 is 0 Å². The molecule has 0 saturated carbocycles. The minimum Gasteiger partial charge on any atom is -0.492 e. The normalized spacial score (nSPS) is 29.0. The molecule has 154 valence electrons. The number of carbonyl (C=O) groups excluding carboxylic acids is 2. The van der Waals surface area contributed by atoms with E-state index in [2.05, 4.69) is 10.2 Å². The topological polar surface area (TPSA) is 58.6 Å². The number of rotatable bonds is 1. The van der Waals surface area contributed by atoms with E-state index >= 15 is 0 Å². The molecule has 0 radical (unpaired) electrons. The van der Waals surface area contributed by atoms with E-state index in [0.717, 1.165) is 16.8 Å². The number of anilines is 1. The molecule has 5 heteroatoms. The van der Waals surface area contributed by atoms with Crippen LogP contribution in [0.3, 0.4) is 0 Å². The molecule has 3 aliphatic heterocycles. The molecule has 5 nitrogen and oxygen atoms in total. The number of hydrogen-bond acceptors (Lipinski definition) is 4. The lowest BCUT2D eigenvalue weighted by molar-refractivity contribution is -0.131. The molecular formula is C26H22N2O3. The maximum atomic E-state index is 14.4. The summed E-state index contributed by atoms with van der Waals surface area (Å²) in [6, 6.07) is 25.1.